The number of amides is 1. The monoisotopic (exact) mass is 600 g/mol. The molecule has 1 aliphatic rings. The van der Waals surface area contributed by atoms with Crippen molar-refractivity contribution < 1.29 is 31.1 Å². The summed E-state index contributed by atoms with van der Waals surface area (Å²) >= 11 is 0. The van der Waals surface area contributed by atoms with Gasteiger partial charge in [0.05, 0.1) is 33.5 Å². The summed E-state index contributed by atoms with van der Waals surface area (Å²) in [7, 11) is 0. The summed E-state index contributed by atoms with van der Waals surface area (Å²) in [5.74, 6) is -0.540. The number of rotatable bonds is 4. The third-order valence-electron chi connectivity index (χ3n) is 7.46. The van der Waals surface area contributed by atoms with Crippen LogP contribution in [0.1, 0.15) is 40.5 Å². The Labute approximate surface area is 239 Å². The number of piperidine rings is 1. The first kappa shape index (κ1) is 28.2. The maximum absolute atomic E-state index is 13.6. The van der Waals surface area contributed by atoms with E-state index in [0.717, 1.165) is 10.2 Å². The Hall–Kier alpha value is -4.88. The fourth-order valence-electron chi connectivity index (χ4n) is 5.40. The van der Waals surface area contributed by atoms with Gasteiger partial charge in [-0.15, -0.1) is 0 Å². The number of hydrogen-bond acceptors (Lipinski definition) is 4. The van der Waals surface area contributed by atoms with Crippen LogP contribution in [0.2, 0.25) is 0 Å². The molecule has 1 fully saturated rings. The highest BCUT2D eigenvalue weighted by Crippen LogP contribution is 2.38. The first-order valence-electron chi connectivity index (χ1n) is 13.2. The summed E-state index contributed by atoms with van der Waals surface area (Å²) in [5, 5.41) is 4.21. The summed E-state index contributed by atoms with van der Waals surface area (Å²) in [6.07, 6.45) is -6.41. The molecule has 0 unspecified atom stereocenters. The van der Waals surface area contributed by atoms with Crippen LogP contribution < -0.4 is 5.69 Å². The molecule has 0 aliphatic carbocycles. The smallest absolute Gasteiger partial charge is 0.337 e. The van der Waals surface area contributed by atoms with Gasteiger partial charge >= 0.3 is 18.0 Å². The minimum Gasteiger partial charge on any atom is -0.337 e. The number of nitrogens with zero attached hydrogens (tertiary/aromatic N) is 5. The van der Waals surface area contributed by atoms with Crippen LogP contribution in [0.4, 0.5) is 26.3 Å². The van der Waals surface area contributed by atoms with Gasteiger partial charge in [0, 0.05) is 37.1 Å². The van der Waals surface area contributed by atoms with Gasteiger partial charge in [0.25, 0.3) is 5.91 Å². The lowest BCUT2D eigenvalue weighted by molar-refractivity contribution is -0.143. The molecule has 1 saturated heterocycles. The summed E-state index contributed by atoms with van der Waals surface area (Å²) in [4.78, 5) is 34.4. The fourth-order valence-corrected chi connectivity index (χ4v) is 5.40. The number of para-hydroxylation sites is 2. The molecular weight excluding hydrogens is 578 g/mol. The topological polar surface area (TPSA) is 88.8 Å². The van der Waals surface area contributed by atoms with Gasteiger partial charge in [-0.05, 0) is 61.4 Å². The Morgan fingerprint density at radius 2 is 1.49 bits per heavy atom. The van der Waals surface area contributed by atoms with Gasteiger partial charge in [0.15, 0.2) is 5.69 Å². The van der Waals surface area contributed by atoms with E-state index in [1.54, 1.807) is 10.6 Å². The fraction of sp³-hybridized carbons (Fsp3) is 0.241. The zero-order valence-corrected chi connectivity index (χ0v) is 22.2. The van der Waals surface area contributed by atoms with Crippen LogP contribution in [0, 0.1) is 0 Å². The summed E-state index contributed by atoms with van der Waals surface area (Å²) in [6.45, 7) is 0.517. The molecule has 0 bridgehead atoms. The van der Waals surface area contributed by atoms with E-state index in [-0.39, 0.29) is 42.3 Å². The zero-order valence-electron chi connectivity index (χ0n) is 22.2. The number of aromatic nitrogens is 5. The highest BCUT2D eigenvalue weighted by atomic mass is 19.4. The number of H-pyrrole nitrogens is 1. The normalized spacial score (nSPS) is 14.9. The van der Waals surface area contributed by atoms with E-state index < -0.39 is 35.1 Å². The Kier molecular flexibility index (Phi) is 6.86. The highest BCUT2D eigenvalue weighted by molar-refractivity contribution is 5.93. The van der Waals surface area contributed by atoms with Crippen LogP contribution in [-0.4, -0.2) is 48.2 Å². The lowest BCUT2D eigenvalue weighted by Gasteiger charge is -2.32. The van der Waals surface area contributed by atoms with Crippen molar-refractivity contribution in [3.05, 3.63) is 100 Å². The number of alkyl halides is 6. The van der Waals surface area contributed by atoms with Crippen molar-refractivity contribution in [3.63, 3.8) is 0 Å². The maximum Gasteiger partial charge on any atom is 0.416 e. The van der Waals surface area contributed by atoms with Crippen molar-refractivity contribution in [2.24, 2.45) is 0 Å². The maximum atomic E-state index is 13.6. The number of halogens is 6. The average molecular weight is 601 g/mol. The Morgan fingerprint density at radius 3 is 2.12 bits per heavy atom. The molecule has 14 heteroatoms. The molecule has 5 aromatic rings. The average Bonchev–Trinajstić information content (AvgIpc) is 3.57. The minimum atomic E-state index is -5.06. The van der Waals surface area contributed by atoms with Crippen LogP contribution in [0.15, 0.2) is 77.9 Å². The van der Waals surface area contributed by atoms with Gasteiger partial charge in [0.2, 0.25) is 0 Å². The van der Waals surface area contributed by atoms with Gasteiger partial charge in [-0.25, -0.2) is 9.48 Å². The lowest BCUT2D eigenvalue weighted by atomic mass is 10.0. The molecular formula is C29H22F6N6O2. The number of imidazole rings is 1. The SMILES string of the molecule is O=C(c1cc(-c2ccncc2)n(-c2cc(C(F)(F)F)cc(C(F)(F)F)c2)n1)N1CCC(n2c(=O)[nH]c3ccccc32)CC1. The van der Waals surface area contributed by atoms with Crippen molar-refractivity contribution >= 4 is 16.9 Å². The number of pyridine rings is 1. The van der Waals surface area contributed by atoms with E-state index in [0.29, 0.717) is 36.1 Å². The van der Waals surface area contributed by atoms with E-state index in [1.165, 1.54) is 35.5 Å². The predicted octanol–water partition coefficient (Wildman–Crippen LogP) is 6.09. The van der Waals surface area contributed by atoms with Crippen LogP contribution in [0.25, 0.3) is 28.0 Å². The van der Waals surface area contributed by atoms with Gasteiger partial charge < -0.3 is 9.88 Å². The van der Waals surface area contributed by atoms with E-state index in [2.05, 4.69) is 15.1 Å². The number of nitrogens with one attached hydrogen (secondary N) is 1. The summed E-state index contributed by atoms with van der Waals surface area (Å²) < 4.78 is 84.2. The number of fused-ring (bicyclic) bond motifs is 1. The van der Waals surface area contributed by atoms with Crippen LogP contribution in [0.5, 0.6) is 0 Å². The van der Waals surface area contributed by atoms with E-state index in [9.17, 15) is 35.9 Å². The lowest BCUT2D eigenvalue weighted by Crippen LogP contribution is -2.40. The first-order valence-corrected chi connectivity index (χ1v) is 13.2. The van der Waals surface area contributed by atoms with Crippen molar-refractivity contribution in [1.29, 1.82) is 0 Å². The largest absolute Gasteiger partial charge is 0.416 e. The van der Waals surface area contributed by atoms with Gasteiger partial charge in [-0.2, -0.15) is 31.4 Å². The molecule has 0 spiro atoms. The van der Waals surface area contributed by atoms with Crippen LogP contribution >= 0.6 is 0 Å². The molecule has 222 valence electrons. The second-order valence-corrected chi connectivity index (χ2v) is 10.2. The predicted molar refractivity (Wildman–Crippen MR) is 144 cm³/mol. The van der Waals surface area contributed by atoms with Crippen molar-refractivity contribution in [1.82, 2.24) is 29.2 Å². The minimum absolute atomic E-state index is 0.0361. The summed E-state index contributed by atoms with van der Waals surface area (Å²) in [5.41, 5.74) is -1.99. The molecule has 3 aromatic heterocycles. The molecule has 0 radical (unpaired) electrons. The molecule has 0 saturated carbocycles. The standard InChI is InChI=1S/C29H22F6N6O2/c30-28(31,32)18-13-19(29(33,34)35)15-21(14-18)41-25(17-5-9-36-10-6-17)16-23(38-41)26(42)39-11-7-20(8-12-39)40-24-4-2-1-3-22(24)37-27(40)43/h1-6,9-10,13-16,20H,7-8,11-12H2,(H,37,43). The highest BCUT2D eigenvalue weighted by Gasteiger charge is 2.38. The Bertz CT molecular complexity index is 1830. The molecule has 8 nitrogen and oxygen atoms in total. The Balaban J connectivity index is 1.34. The van der Waals surface area contributed by atoms with E-state index >= 15 is 0 Å². The van der Waals surface area contributed by atoms with Crippen molar-refractivity contribution in [3.8, 4) is 16.9 Å². The molecule has 4 heterocycles. The van der Waals surface area contributed by atoms with Gasteiger partial charge in [-0.1, -0.05) is 12.1 Å². The van der Waals surface area contributed by atoms with Crippen LogP contribution in [-0.2, 0) is 12.4 Å². The number of aromatic amines is 1. The molecule has 2 aromatic carbocycles. The van der Waals surface area contributed by atoms with Crippen molar-refractivity contribution in [2.75, 3.05) is 13.1 Å². The summed E-state index contributed by atoms with van der Waals surface area (Å²) in [6, 6.07) is 12.6. The molecule has 6 rings (SSSR count). The third kappa shape index (κ3) is 5.40. The van der Waals surface area contributed by atoms with E-state index in [1.807, 2.05) is 18.2 Å². The van der Waals surface area contributed by atoms with Crippen molar-refractivity contribution in [2.45, 2.75) is 31.2 Å². The van der Waals surface area contributed by atoms with Gasteiger partial charge in [0.1, 0.15) is 0 Å². The second kappa shape index (κ2) is 10.4. The first-order chi connectivity index (χ1) is 20.4. The second-order valence-electron chi connectivity index (χ2n) is 10.2. The molecule has 1 aliphatic heterocycles. The number of likely N-dealkylation sites (tertiary alicyclic amines) is 1. The van der Waals surface area contributed by atoms with E-state index in [4.69, 9.17) is 0 Å². The number of benzene rings is 2. The third-order valence-corrected chi connectivity index (χ3v) is 7.46. The molecule has 1 N–H and O–H groups in total. The molecule has 0 atom stereocenters. The van der Waals surface area contributed by atoms with Gasteiger partial charge in [-0.3, -0.25) is 14.3 Å². The number of hydrogen-bond donors (Lipinski definition) is 1. The Morgan fingerprint density at radius 1 is 0.860 bits per heavy atom. The zero-order chi connectivity index (χ0) is 30.5. The quantitative estimate of drug-likeness (QED) is 0.253. The molecule has 43 heavy (non-hydrogen) atoms. The number of carbonyl (C=O) groups is 1. The number of carbonyl (C=O) groups excluding carboxylic acids is 1. The van der Waals surface area contributed by atoms with Crippen LogP contribution in [0.3, 0.4) is 0 Å². The molecule has 1 amide bonds.